The van der Waals surface area contributed by atoms with Gasteiger partial charge in [0.15, 0.2) is 11.6 Å². The molecular weight excluding hydrogens is 468 g/mol. The van der Waals surface area contributed by atoms with Gasteiger partial charge in [0, 0.05) is 11.6 Å². The van der Waals surface area contributed by atoms with E-state index in [1.54, 1.807) is 30.3 Å². The number of benzene rings is 3. The van der Waals surface area contributed by atoms with Crippen LogP contribution in [0.2, 0.25) is 0 Å². The second-order valence-electron chi connectivity index (χ2n) is 7.79. The fourth-order valence-electron chi connectivity index (χ4n) is 3.80. The molecule has 176 valence electrons. The molecule has 3 aromatic carbocycles. The zero-order valence-electron chi connectivity index (χ0n) is 18.5. The Labute approximate surface area is 201 Å². The molecule has 0 bridgehead atoms. The van der Waals surface area contributed by atoms with Gasteiger partial charge in [-0.3, -0.25) is 4.79 Å². The van der Waals surface area contributed by atoms with Crippen LogP contribution in [0, 0.1) is 0 Å². The third-order valence-electron chi connectivity index (χ3n) is 5.52. The highest BCUT2D eigenvalue weighted by Gasteiger charge is 2.31. The first kappa shape index (κ1) is 22.4. The molecule has 2 N–H and O–H groups in total. The van der Waals surface area contributed by atoms with Gasteiger partial charge in [-0.15, -0.1) is 4.40 Å². The van der Waals surface area contributed by atoms with E-state index < -0.39 is 21.3 Å². The van der Waals surface area contributed by atoms with E-state index >= 15 is 0 Å². The third kappa shape index (κ3) is 4.15. The molecule has 1 aliphatic rings. The van der Waals surface area contributed by atoms with Crippen LogP contribution in [0.15, 0.2) is 93.0 Å². The van der Waals surface area contributed by atoms with Crippen LogP contribution >= 0.6 is 0 Å². The van der Waals surface area contributed by atoms with Gasteiger partial charge in [0.05, 0.1) is 19.3 Å². The van der Waals surface area contributed by atoms with E-state index in [9.17, 15) is 18.3 Å². The normalized spacial score (nSPS) is 13.9. The Bertz CT molecular complexity index is 1620. The molecular formula is C25H20N4O5S. The van der Waals surface area contributed by atoms with E-state index in [0.717, 1.165) is 5.56 Å². The Morgan fingerprint density at radius 1 is 1.00 bits per heavy atom. The van der Waals surface area contributed by atoms with Crippen molar-refractivity contribution in [3.63, 3.8) is 0 Å². The summed E-state index contributed by atoms with van der Waals surface area (Å²) in [5.74, 6) is -0.411. The average Bonchev–Trinajstić information content (AvgIpc) is 2.86. The Hall–Kier alpha value is -4.44. The highest BCUT2D eigenvalue weighted by molar-refractivity contribution is 7.90. The first-order valence-corrected chi connectivity index (χ1v) is 12.1. The standard InChI is InChI=1S/C25H20N4O5S/c1-34-18-12-13-19-20(14-18)35(32,33)28-24(26-19)21-23(30)22(17-10-6-3-7-11-17)27-29(25(21)31)15-16-8-4-2-5-9-16/h2-14,30H,15H2,1H3,(H,26,28). The van der Waals surface area contributed by atoms with Crippen LogP contribution in [0.1, 0.15) is 11.1 Å². The van der Waals surface area contributed by atoms with Crippen molar-refractivity contribution >= 4 is 21.5 Å². The lowest BCUT2D eigenvalue weighted by molar-refractivity contribution is 0.413. The second kappa shape index (κ2) is 8.73. The second-order valence-corrected chi connectivity index (χ2v) is 9.36. The fraction of sp³-hybridized carbons (Fsp3) is 0.0800. The molecule has 9 nitrogen and oxygen atoms in total. The molecule has 10 heteroatoms. The number of sulfonamides is 1. The topological polar surface area (TPSA) is 123 Å². The Kier molecular flexibility index (Phi) is 5.58. The quantitative estimate of drug-likeness (QED) is 0.442. The number of ether oxygens (including phenoxy) is 1. The molecule has 1 aromatic heterocycles. The number of hydrogen-bond donors (Lipinski definition) is 2. The lowest BCUT2D eigenvalue weighted by Crippen LogP contribution is -2.34. The minimum absolute atomic E-state index is 0.0953. The minimum atomic E-state index is -4.19. The average molecular weight is 489 g/mol. The number of nitrogens with one attached hydrogen (secondary N) is 1. The van der Waals surface area contributed by atoms with Crippen molar-refractivity contribution in [3.8, 4) is 22.8 Å². The van der Waals surface area contributed by atoms with E-state index in [-0.39, 0.29) is 34.2 Å². The maximum absolute atomic E-state index is 13.5. The monoisotopic (exact) mass is 488 g/mol. The van der Waals surface area contributed by atoms with Crippen LogP contribution in [0.3, 0.4) is 0 Å². The molecule has 5 rings (SSSR count). The third-order valence-corrected chi connectivity index (χ3v) is 6.84. The predicted molar refractivity (Wildman–Crippen MR) is 131 cm³/mol. The summed E-state index contributed by atoms with van der Waals surface area (Å²) in [5, 5.41) is 18.4. The van der Waals surface area contributed by atoms with Crippen LogP contribution < -0.4 is 15.6 Å². The number of fused-ring (bicyclic) bond motifs is 1. The van der Waals surface area contributed by atoms with E-state index in [4.69, 9.17) is 4.74 Å². The zero-order valence-corrected chi connectivity index (χ0v) is 19.4. The van der Waals surface area contributed by atoms with Gasteiger partial charge in [0.2, 0.25) is 0 Å². The molecule has 2 heterocycles. The molecule has 0 aliphatic carbocycles. The van der Waals surface area contributed by atoms with E-state index in [1.807, 2.05) is 36.4 Å². The van der Waals surface area contributed by atoms with Gasteiger partial charge in [-0.1, -0.05) is 60.7 Å². The van der Waals surface area contributed by atoms with Crippen LogP contribution in [0.25, 0.3) is 11.3 Å². The summed E-state index contributed by atoms with van der Waals surface area (Å²) in [6, 6.07) is 22.5. The SMILES string of the molecule is COc1ccc2c(c1)S(=O)(=O)N=C(c1c(O)c(-c3ccccc3)nn(Cc3ccccc3)c1=O)N2. The van der Waals surface area contributed by atoms with Crippen LogP contribution in [0.4, 0.5) is 5.69 Å². The largest absolute Gasteiger partial charge is 0.505 e. The van der Waals surface area contributed by atoms with Crippen LogP contribution in [0.5, 0.6) is 11.5 Å². The molecule has 35 heavy (non-hydrogen) atoms. The van der Waals surface area contributed by atoms with Crippen molar-refractivity contribution in [2.45, 2.75) is 11.4 Å². The maximum Gasteiger partial charge on any atom is 0.286 e. The van der Waals surface area contributed by atoms with Crippen molar-refractivity contribution < 1.29 is 18.3 Å². The molecule has 0 amide bonds. The number of aromatic nitrogens is 2. The number of aromatic hydroxyl groups is 1. The summed E-state index contributed by atoms with van der Waals surface area (Å²) in [5.41, 5.74) is 0.712. The lowest BCUT2D eigenvalue weighted by Gasteiger charge is -2.20. The molecule has 0 unspecified atom stereocenters. The Morgan fingerprint density at radius 3 is 2.37 bits per heavy atom. The summed E-state index contributed by atoms with van der Waals surface area (Å²) < 4.78 is 36.1. The number of nitrogens with zero attached hydrogens (tertiary/aromatic N) is 3. The highest BCUT2D eigenvalue weighted by atomic mass is 32.2. The number of amidine groups is 1. The Balaban J connectivity index is 1.72. The van der Waals surface area contributed by atoms with Gasteiger partial charge < -0.3 is 15.2 Å². The van der Waals surface area contributed by atoms with Gasteiger partial charge in [-0.2, -0.15) is 13.5 Å². The molecule has 1 aliphatic heterocycles. The first-order valence-electron chi connectivity index (χ1n) is 10.6. The Morgan fingerprint density at radius 2 is 1.69 bits per heavy atom. The number of methoxy groups -OCH3 is 1. The van der Waals surface area contributed by atoms with E-state index in [1.165, 1.54) is 23.9 Å². The molecule has 0 spiro atoms. The minimum Gasteiger partial charge on any atom is -0.505 e. The molecule has 0 saturated heterocycles. The zero-order chi connectivity index (χ0) is 24.6. The molecule has 4 aromatic rings. The summed E-state index contributed by atoms with van der Waals surface area (Å²) in [7, 11) is -2.76. The van der Waals surface area contributed by atoms with Crippen molar-refractivity contribution in [3.05, 3.63) is 100 Å². The molecule has 0 saturated carbocycles. The summed E-state index contributed by atoms with van der Waals surface area (Å²) >= 11 is 0. The molecule has 0 atom stereocenters. The number of rotatable bonds is 5. The van der Waals surface area contributed by atoms with Gasteiger partial charge in [0.1, 0.15) is 21.9 Å². The van der Waals surface area contributed by atoms with Crippen molar-refractivity contribution in [1.82, 2.24) is 9.78 Å². The van der Waals surface area contributed by atoms with Crippen molar-refractivity contribution in [2.24, 2.45) is 4.40 Å². The smallest absolute Gasteiger partial charge is 0.286 e. The lowest BCUT2D eigenvalue weighted by atomic mass is 10.1. The van der Waals surface area contributed by atoms with Crippen LogP contribution in [-0.2, 0) is 16.6 Å². The van der Waals surface area contributed by atoms with Crippen molar-refractivity contribution in [1.29, 1.82) is 0 Å². The fourth-order valence-corrected chi connectivity index (χ4v) is 4.94. The maximum atomic E-state index is 13.5. The first-order chi connectivity index (χ1) is 16.9. The van der Waals surface area contributed by atoms with Crippen LogP contribution in [-0.4, -0.2) is 36.3 Å². The van der Waals surface area contributed by atoms with Gasteiger partial charge in [0.25, 0.3) is 15.6 Å². The number of anilines is 1. The number of hydrogen-bond acceptors (Lipinski definition) is 7. The van der Waals surface area contributed by atoms with E-state index in [0.29, 0.717) is 11.3 Å². The predicted octanol–water partition coefficient (Wildman–Crippen LogP) is 3.23. The summed E-state index contributed by atoms with van der Waals surface area (Å²) in [6.07, 6.45) is 0. The van der Waals surface area contributed by atoms with E-state index in [2.05, 4.69) is 14.8 Å². The highest BCUT2D eigenvalue weighted by Crippen LogP contribution is 2.34. The van der Waals surface area contributed by atoms with Gasteiger partial charge >= 0.3 is 0 Å². The summed E-state index contributed by atoms with van der Waals surface area (Å²) in [6.45, 7) is 0.112. The molecule has 0 fully saturated rings. The van der Waals surface area contributed by atoms with Gasteiger partial charge in [-0.05, 0) is 17.7 Å². The summed E-state index contributed by atoms with van der Waals surface area (Å²) in [4.78, 5) is 13.4. The molecule has 0 radical (unpaired) electrons. The van der Waals surface area contributed by atoms with Gasteiger partial charge in [-0.25, -0.2) is 4.68 Å². The van der Waals surface area contributed by atoms with Crippen molar-refractivity contribution in [2.75, 3.05) is 12.4 Å².